The van der Waals surface area contributed by atoms with Crippen LogP contribution in [0.1, 0.15) is 16.7 Å². The van der Waals surface area contributed by atoms with Crippen LogP contribution < -0.4 is 0 Å². The standard InChI is InChI=1S/C24H20N3O7S3/c1-16-6-11-21-22(14-16)35(15-25-21)19-9-7-18(8-10-19)26-27-23(36(29,30)31)13-12-17-4-2-3-5-20(17)24(23,28)37(32,33)34/h2-15,28H,1H3,(H,29,30,31)(H,32,33,34). The van der Waals surface area contributed by atoms with Crippen molar-refractivity contribution >= 4 is 54.1 Å². The van der Waals surface area contributed by atoms with Crippen molar-refractivity contribution in [3.63, 3.8) is 0 Å². The van der Waals surface area contributed by atoms with Crippen LogP contribution in [0.5, 0.6) is 0 Å². The molecule has 1 aliphatic heterocycles. The first kappa shape index (κ1) is 25.4. The van der Waals surface area contributed by atoms with Crippen LogP contribution in [-0.4, -0.2) is 41.5 Å². The Labute approximate surface area is 216 Å². The molecule has 0 aromatic heterocycles. The summed E-state index contributed by atoms with van der Waals surface area (Å²) in [5, 5.41) is 18.8. The number of benzene rings is 3. The molecule has 3 aromatic rings. The summed E-state index contributed by atoms with van der Waals surface area (Å²) in [6, 6.07) is 17.9. The highest BCUT2D eigenvalue weighted by Gasteiger charge is 2.69. The molecule has 0 bridgehead atoms. The molecule has 0 amide bonds. The fraction of sp³-hybridized carbons (Fsp3) is 0.125. The van der Waals surface area contributed by atoms with E-state index in [0.717, 1.165) is 27.1 Å². The van der Waals surface area contributed by atoms with E-state index in [-0.39, 0.29) is 11.3 Å². The van der Waals surface area contributed by atoms with Crippen LogP contribution in [0, 0.1) is 6.92 Å². The molecule has 1 aliphatic carbocycles. The van der Waals surface area contributed by atoms with Crippen molar-refractivity contribution in [1.82, 2.24) is 0 Å². The van der Waals surface area contributed by atoms with E-state index in [1.165, 1.54) is 36.4 Å². The highest BCUT2D eigenvalue weighted by molar-refractivity contribution is 8.28. The van der Waals surface area contributed by atoms with E-state index in [2.05, 4.69) is 21.3 Å². The largest absolute Gasteiger partial charge is 0.366 e. The molecule has 3 N–H and O–H groups in total. The van der Waals surface area contributed by atoms with Gasteiger partial charge in [-0.1, -0.05) is 36.4 Å². The summed E-state index contributed by atoms with van der Waals surface area (Å²) >= 11 is 0. The Bertz CT molecular complexity index is 1720. The summed E-state index contributed by atoms with van der Waals surface area (Å²) in [5.74, 6) is 0. The van der Waals surface area contributed by atoms with Crippen LogP contribution in [0.4, 0.5) is 11.4 Å². The van der Waals surface area contributed by atoms with Gasteiger partial charge in [-0.2, -0.15) is 27.1 Å². The molecule has 0 spiro atoms. The average molecular weight is 559 g/mol. The van der Waals surface area contributed by atoms with Crippen molar-refractivity contribution in [2.75, 3.05) is 0 Å². The first-order valence-corrected chi connectivity index (χ1v) is 14.9. The van der Waals surface area contributed by atoms with Gasteiger partial charge >= 0.3 is 20.2 Å². The molecule has 191 valence electrons. The van der Waals surface area contributed by atoms with Crippen molar-refractivity contribution in [3.05, 3.63) is 89.5 Å². The monoisotopic (exact) mass is 558 g/mol. The summed E-state index contributed by atoms with van der Waals surface area (Å²) in [6.45, 7) is 1.99. The van der Waals surface area contributed by atoms with Crippen molar-refractivity contribution < 1.29 is 31.0 Å². The van der Waals surface area contributed by atoms with Crippen LogP contribution in [-0.2, 0) is 25.2 Å². The Kier molecular flexibility index (Phi) is 5.97. The lowest BCUT2D eigenvalue weighted by Gasteiger charge is -2.39. The average Bonchev–Trinajstić information content (AvgIpc) is 3.26. The number of azo groups is 1. The molecule has 5 rings (SSSR count). The van der Waals surface area contributed by atoms with Gasteiger partial charge in [0, 0.05) is 15.4 Å². The number of nitrogens with zero attached hydrogens (tertiary/aromatic N) is 3. The summed E-state index contributed by atoms with van der Waals surface area (Å²) in [4.78, 5) is -0.452. The third-order valence-corrected chi connectivity index (χ3v) is 10.7. The lowest BCUT2D eigenvalue weighted by atomic mass is 9.90. The molecule has 0 saturated carbocycles. The van der Waals surface area contributed by atoms with Gasteiger partial charge in [0.2, 0.25) is 0 Å². The molecule has 3 aromatic carbocycles. The lowest BCUT2D eigenvalue weighted by Crippen LogP contribution is -2.59. The summed E-state index contributed by atoms with van der Waals surface area (Å²) in [5.41, 5.74) is 3.54. The second-order valence-electron chi connectivity index (χ2n) is 8.45. The first-order valence-electron chi connectivity index (χ1n) is 10.7. The van der Waals surface area contributed by atoms with Gasteiger partial charge < -0.3 is 5.11 Å². The van der Waals surface area contributed by atoms with Gasteiger partial charge in [-0.05, 0) is 60.5 Å². The maximum atomic E-state index is 12.6. The van der Waals surface area contributed by atoms with E-state index >= 15 is 0 Å². The quantitative estimate of drug-likeness (QED) is 0.299. The van der Waals surface area contributed by atoms with Gasteiger partial charge in [0.25, 0.3) is 9.80 Å². The first-order chi connectivity index (χ1) is 17.4. The minimum Gasteiger partial charge on any atom is -0.366 e. The fourth-order valence-corrected chi connectivity index (χ4v) is 8.46. The van der Waals surface area contributed by atoms with E-state index in [4.69, 9.17) is 0 Å². The fourth-order valence-electron chi connectivity index (χ4n) is 4.25. The van der Waals surface area contributed by atoms with Gasteiger partial charge in [0.1, 0.15) is 0 Å². The van der Waals surface area contributed by atoms with Gasteiger partial charge in [-0.25, -0.2) is 4.99 Å². The maximum Gasteiger partial charge on any atom is 0.303 e. The molecule has 1 radical (unpaired) electrons. The van der Waals surface area contributed by atoms with Gasteiger partial charge in [-0.3, -0.25) is 9.11 Å². The third-order valence-electron chi connectivity index (χ3n) is 6.12. The third kappa shape index (κ3) is 3.95. The molecule has 37 heavy (non-hydrogen) atoms. The predicted molar refractivity (Wildman–Crippen MR) is 140 cm³/mol. The topological polar surface area (TPSA) is 166 Å². The van der Waals surface area contributed by atoms with E-state index in [1.807, 2.05) is 24.6 Å². The number of aliphatic imine (C=N–C) groups is 1. The molecule has 10 nitrogen and oxygen atoms in total. The predicted octanol–water partition coefficient (Wildman–Crippen LogP) is 4.78. The Morgan fingerprint density at radius 3 is 2.30 bits per heavy atom. The molecule has 0 saturated heterocycles. The van der Waals surface area contributed by atoms with E-state index in [1.54, 1.807) is 12.1 Å². The minimum atomic E-state index is -5.59. The van der Waals surface area contributed by atoms with Crippen LogP contribution in [0.25, 0.3) is 6.08 Å². The molecule has 0 fully saturated rings. The maximum absolute atomic E-state index is 12.6. The highest BCUT2D eigenvalue weighted by atomic mass is 32.2. The molecular formula is C24H20N3O7S3. The van der Waals surface area contributed by atoms with Crippen LogP contribution >= 0.6 is 10.9 Å². The van der Waals surface area contributed by atoms with Crippen molar-refractivity contribution in [2.45, 2.75) is 26.5 Å². The summed E-state index contributed by atoms with van der Waals surface area (Å²) in [6.07, 6.45) is 1.86. The Morgan fingerprint density at radius 2 is 1.62 bits per heavy atom. The van der Waals surface area contributed by atoms with Crippen LogP contribution in [0.2, 0.25) is 0 Å². The number of hydrogen-bond acceptors (Lipinski definition) is 8. The van der Waals surface area contributed by atoms with E-state index in [9.17, 15) is 31.0 Å². The zero-order chi connectivity index (χ0) is 26.6. The Hall–Kier alpha value is -3.20. The Balaban J connectivity index is 1.57. The van der Waals surface area contributed by atoms with Crippen LogP contribution in [0.3, 0.4) is 0 Å². The smallest absolute Gasteiger partial charge is 0.303 e. The highest BCUT2D eigenvalue weighted by Crippen LogP contribution is 2.52. The number of aliphatic hydroxyl groups is 1. The molecule has 1 heterocycles. The zero-order valence-corrected chi connectivity index (χ0v) is 21.6. The second kappa shape index (κ2) is 8.68. The number of rotatable bonds is 5. The number of aryl methyl sites for hydroxylation is 1. The van der Waals surface area contributed by atoms with E-state index in [0.29, 0.717) is 6.08 Å². The molecule has 2 unspecified atom stereocenters. The molecular weight excluding hydrogens is 538 g/mol. The lowest BCUT2D eigenvalue weighted by molar-refractivity contribution is 0.0764. The number of fused-ring (bicyclic) bond motifs is 2. The normalized spacial score (nSPS) is 23.4. The molecule has 2 atom stereocenters. The van der Waals surface area contributed by atoms with Crippen molar-refractivity contribution in [1.29, 1.82) is 0 Å². The Morgan fingerprint density at radius 1 is 0.919 bits per heavy atom. The van der Waals surface area contributed by atoms with Crippen molar-refractivity contribution in [3.8, 4) is 0 Å². The molecule has 13 heteroatoms. The minimum absolute atomic E-state index is 0.108. The molecule has 2 aliphatic rings. The summed E-state index contributed by atoms with van der Waals surface area (Å²) < 4.78 is 70.2. The van der Waals surface area contributed by atoms with Gasteiger partial charge in [0.05, 0.1) is 16.9 Å². The zero-order valence-electron chi connectivity index (χ0n) is 19.1. The second-order valence-corrected chi connectivity index (χ2v) is 13.4. The van der Waals surface area contributed by atoms with Crippen LogP contribution in [0.15, 0.2) is 97.8 Å². The van der Waals surface area contributed by atoms with Crippen molar-refractivity contribution in [2.24, 2.45) is 15.2 Å². The van der Waals surface area contributed by atoms with Gasteiger partial charge in [0.15, 0.2) is 0 Å². The number of hydrogen-bond donors (Lipinski definition) is 3. The van der Waals surface area contributed by atoms with E-state index < -0.39 is 46.5 Å². The SMILES string of the molecule is Cc1ccc2c(c1)[S](c1ccc(N=NC3(S(=O)(=O)O)C=Cc4ccccc4C3(O)S(=O)(=O)O)cc1)C=N2. The summed E-state index contributed by atoms with van der Waals surface area (Å²) in [7, 11) is -11.5. The van der Waals surface area contributed by atoms with Gasteiger partial charge in [-0.15, -0.1) is 10.9 Å².